The van der Waals surface area contributed by atoms with Gasteiger partial charge in [-0.15, -0.1) is 0 Å². The minimum Gasteiger partial charge on any atom is -0.357 e. The highest BCUT2D eigenvalue weighted by molar-refractivity contribution is 5.95. The lowest BCUT2D eigenvalue weighted by Gasteiger charge is -2.27. The normalized spacial score (nSPS) is 13.8. The van der Waals surface area contributed by atoms with Gasteiger partial charge in [0.25, 0.3) is 0 Å². The van der Waals surface area contributed by atoms with Crippen molar-refractivity contribution in [2.24, 2.45) is 0 Å². The Morgan fingerprint density at radius 3 is 2.50 bits per heavy atom. The first-order valence-corrected chi connectivity index (χ1v) is 10.4. The standard InChI is InChI=1S/C24H26N4O2/c29-23(15-19-9-6-8-18-7-2-3-10-21(18)19)26-17-24(30)27-20-11-12-22(25-16-20)28-13-4-1-5-14-28/h2-3,6-12,16H,1,4-5,13-15,17H2,(H,26,29)(H,27,30). The van der Waals surface area contributed by atoms with Crippen LogP contribution in [0.5, 0.6) is 0 Å². The fraction of sp³-hybridized carbons (Fsp3) is 0.292. The molecular formula is C24H26N4O2. The lowest BCUT2D eigenvalue weighted by molar-refractivity contribution is -0.123. The topological polar surface area (TPSA) is 74.3 Å². The van der Waals surface area contributed by atoms with Gasteiger partial charge in [-0.3, -0.25) is 9.59 Å². The maximum Gasteiger partial charge on any atom is 0.243 e. The second-order valence-electron chi connectivity index (χ2n) is 7.59. The summed E-state index contributed by atoms with van der Waals surface area (Å²) in [6, 6.07) is 17.7. The van der Waals surface area contributed by atoms with E-state index in [4.69, 9.17) is 0 Å². The average Bonchev–Trinajstić information content (AvgIpc) is 2.79. The summed E-state index contributed by atoms with van der Waals surface area (Å²) in [7, 11) is 0. The predicted molar refractivity (Wildman–Crippen MR) is 120 cm³/mol. The Hall–Kier alpha value is -3.41. The first-order valence-electron chi connectivity index (χ1n) is 10.4. The number of pyridine rings is 1. The van der Waals surface area contributed by atoms with Gasteiger partial charge in [0.05, 0.1) is 24.8 Å². The Balaban J connectivity index is 1.27. The van der Waals surface area contributed by atoms with E-state index < -0.39 is 0 Å². The number of aromatic nitrogens is 1. The Morgan fingerprint density at radius 2 is 1.70 bits per heavy atom. The zero-order chi connectivity index (χ0) is 20.8. The monoisotopic (exact) mass is 402 g/mol. The molecule has 2 N–H and O–H groups in total. The number of anilines is 2. The Kier molecular flexibility index (Phi) is 6.23. The maximum atomic E-state index is 12.3. The van der Waals surface area contributed by atoms with Gasteiger partial charge in [0.1, 0.15) is 5.82 Å². The van der Waals surface area contributed by atoms with Crippen molar-refractivity contribution in [1.29, 1.82) is 0 Å². The lowest BCUT2D eigenvalue weighted by atomic mass is 10.0. The number of rotatable bonds is 6. The summed E-state index contributed by atoms with van der Waals surface area (Å²) in [6.45, 7) is 1.99. The molecule has 6 heteroatoms. The molecule has 154 valence electrons. The molecule has 1 aliphatic heterocycles. The molecule has 1 saturated heterocycles. The Labute approximate surface area is 176 Å². The van der Waals surface area contributed by atoms with Gasteiger partial charge in [-0.1, -0.05) is 42.5 Å². The summed E-state index contributed by atoms with van der Waals surface area (Å²) >= 11 is 0. The molecule has 1 aliphatic rings. The van der Waals surface area contributed by atoms with Gasteiger partial charge in [-0.25, -0.2) is 4.98 Å². The van der Waals surface area contributed by atoms with Crippen LogP contribution in [0.4, 0.5) is 11.5 Å². The van der Waals surface area contributed by atoms with E-state index in [9.17, 15) is 9.59 Å². The number of nitrogens with one attached hydrogen (secondary N) is 2. The fourth-order valence-corrected chi connectivity index (χ4v) is 3.84. The van der Waals surface area contributed by atoms with E-state index in [-0.39, 0.29) is 24.8 Å². The number of amides is 2. The van der Waals surface area contributed by atoms with Crippen LogP contribution in [0.3, 0.4) is 0 Å². The van der Waals surface area contributed by atoms with E-state index in [0.29, 0.717) is 5.69 Å². The first-order chi connectivity index (χ1) is 14.7. The lowest BCUT2D eigenvalue weighted by Crippen LogP contribution is -2.34. The van der Waals surface area contributed by atoms with Crippen LogP contribution in [0, 0.1) is 0 Å². The third kappa shape index (κ3) is 4.95. The molecule has 2 amide bonds. The van der Waals surface area contributed by atoms with Crippen molar-refractivity contribution in [2.45, 2.75) is 25.7 Å². The highest BCUT2D eigenvalue weighted by Gasteiger charge is 2.13. The molecule has 30 heavy (non-hydrogen) atoms. The van der Waals surface area contributed by atoms with Crippen molar-refractivity contribution < 1.29 is 9.59 Å². The second-order valence-corrected chi connectivity index (χ2v) is 7.59. The molecule has 0 atom stereocenters. The summed E-state index contributed by atoms with van der Waals surface area (Å²) in [6.07, 6.45) is 5.56. The quantitative estimate of drug-likeness (QED) is 0.662. The van der Waals surface area contributed by atoms with Crippen LogP contribution in [-0.2, 0) is 16.0 Å². The minimum atomic E-state index is -0.270. The number of hydrogen-bond acceptors (Lipinski definition) is 4. The van der Waals surface area contributed by atoms with E-state index in [2.05, 4.69) is 20.5 Å². The summed E-state index contributed by atoms with van der Waals surface area (Å²) in [5.74, 6) is 0.491. The number of carbonyl (C=O) groups excluding carboxylic acids is 2. The van der Waals surface area contributed by atoms with Gasteiger partial charge in [0.2, 0.25) is 11.8 Å². The van der Waals surface area contributed by atoms with Crippen molar-refractivity contribution in [3.8, 4) is 0 Å². The Morgan fingerprint density at radius 1 is 0.900 bits per heavy atom. The van der Waals surface area contributed by atoms with Crippen LogP contribution in [-0.4, -0.2) is 36.4 Å². The Bertz CT molecular complexity index is 1020. The molecule has 1 aromatic heterocycles. The third-order valence-electron chi connectivity index (χ3n) is 5.39. The van der Waals surface area contributed by atoms with Crippen LogP contribution in [0.15, 0.2) is 60.8 Å². The van der Waals surface area contributed by atoms with Gasteiger partial charge in [-0.2, -0.15) is 0 Å². The summed E-state index contributed by atoms with van der Waals surface area (Å²) in [4.78, 5) is 31.3. The highest BCUT2D eigenvalue weighted by atomic mass is 16.2. The minimum absolute atomic E-state index is 0.0719. The van der Waals surface area contributed by atoms with Crippen LogP contribution in [0.1, 0.15) is 24.8 Å². The molecule has 0 saturated carbocycles. The van der Waals surface area contributed by atoms with Crippen LogP contribution in [0.25, 0.3) is 10.8 Å². The van der Waals surface area contributed by atoms with Crippen LogP contribution in [0.2, 0.25) is 0 Å². The molecule has 2 heterocycles. The fourth-order valence-electron chi connectivity index (χ4n) is 3.84. The van der Waals surface area contributed by atoms with Gasteiger partial charge in [0.15, 0.2) is 0 Å². The van der Waals surface area contributed by atoms with E-state index in [0.717, 1.165) is 35.2 Å². The summed E-state index contributed by atoms with van der Waals surface area (Å²) in [5, 5.41) is 7.64. The molecule has 0 aliphatic carbocycles. The van der Waals surface area contributed by atoms with E-state index in [1.165, 1.54) is 19.3 Å². The van der Waals surface area contributed by atoms with E-state index >= 15 is 0 Å². The largest absolute Gasteiger partial charge is 0.357 e. The smallest absolute Gasteiger partial charge is 0.243 e. The van der Waals surface area contributed by atoms with E-state index in [1.54, 1.807) is 6.20 Å². The van der Waals surface area contributed by atoms with Gasteiger partial charge in [-0.05, 0) is 47.7 Å². The van der Waals surface area contributed by atoms with Crippen molar-refractivity contribution in [3.05, 3.63) is 66.4 Å². The molecule has 3 aromatic rings. The van der Waals surface area contributed by atoms with Crippen molar-refractivity contribution in [1.82, 2.24) is 10.3 Å². The number of carbonyl (C=O) groups is 2. The number of hydrogen-bond donors (Lipinski definition) is 2. The van der Waals surface area contributed by atoms with Crippen molar-refractivity contribution >= 4 is 34.1 Å². The highest BCUT2D eigenvalue weighted by Crippen LogP contribution is 2.20. The number of piperidine rings is 1. The number of fused-ring (bicyclic) bond motifs is 1. The zero-order valence-corrected chi connectivity index (χ0v) is 16.9. The average molecular weight is 402 g/mol. The summed E-state index contributed by atoms with van der Waals surface area (Å²) < 4.78 is 0. The summed E-state index contributed by atoms with van der Waals surface area (Å²) in [5.41, 5.74) is 1.58. The maximum absolute atomic E-state index is 12.3. The number of benzene rings is 2. The molecule has 0 unspecified atom stereocenters. The molecule has 6 nitrogen and oxygen atoms in total. The van der Waals surface area contributed by atoms with Gasteiger partial charge in [0, 0.05) is 13.1 Å². The number of nitrogens with zero attached hydrogens (tertiary/aromatic N) is 2. The molecule has 1 fully saturated rings. The molecule has 0 radical (unpaired) electrons. The molecular weight excluding hydrogens is 376 g/mol. The third-order valence-corrected chi connectivity index (χ3v) is 5.39. The van der Waals surface area contributed by atoms with Crippen LogP contribution < -0.4 is 15.5 Å². The predicted octanol–water partition coefficient (Wildman–Crippen LogP) is 3.52. The molecule has 0 bridgehead atoms. The zero-order valence-electron chi connectivity index (χ0n) is 16.9. The van der Waals surface area contributed by atoms with Crippen LogP contribution >= 0.6 is 0 Å². The molecule has 0 spiro atoms. The van der Waals surface area contributed by atoms with E-state index in [1.807, 2.05) is 54.6 Å². The SMILES string of the molecule is O=C(Cc1cccc2ccccc12)NCC(=O)Nc1ccc(N2CCCCC2)nc1. The van der Waals surface area contributed by atoms with Gasteiger partial charge >= 0.3 is 0 Å². The molecule has 2 aromatic carbocycles. The first kappa shape index (κ1) is 19.9. The molecule has 4 rings (SSSR count). The second kappa shape index (κ2) is 9.39. The van der Waals surface area contributed by atoms with Gasteiger partial charge < -0.3 is 15.5 Å². The van der Waals surface area contributed by atoms with Crippen molar-refractivity contribution in [2.75, 3.05) is 29.9 Å². The van der Waals surface area contributed by atoms with Crippen molar-refractivity contribution in [3.63, 3.8) is 0 Å².